The Labute approximate surface area is 139 Å². The van der Waals surface area contributed by atoms with Gasteiger partial charge >= 0.3 is 0 Å². The fourth-order valence-electron chi connectivity index (χ4n) is 1.08. The van der Waals surface area contributed by atoms with Crippen molar-refractivity contribution in [1.29, 1.82) is 0 Å². The highest BCUT2D eigenvalue weighted by Gasteiger charge is 2.12. The summed E-state index contributed by atoms with van der Waals surface area (Å²) in [6.45, 7) is 5.46. The molecule has 0 heterocycles. The molecule has 0 spiro atoms. The summed E-state index contributed by atoms with van der Waals surface area (Å²) in [5.74, 6) is -0.833. The van der Waals surface area contributed by atoms with Crippen LogP contribution in [0.25, 0.3) is 0 Å². The zero-order valence-corrected chi connectivity index (χ0v) is 14.4. The fourth-order valence-corrected chi connectivity index (χ4v) is 1.75. The van der Waals surface area contributed by atoms with Gasteiger partial charge in [0.1, 0.15) is 0 Å². The third-order valence-electron chi connectivity index (χ3n) is 1.91. The number of carbonyl (C=O) groups is 1. The van der Waals surface area contributed by atoms with Crippen molar-refractivity contribution in [1.82, 2.24) is 5.32 Å². The van der Waals surface area contributed by atoms with E-state index in [-0.39, 0.29) is 5.54 Å². The Kier molecular flexibility index (Phi) is 8.58. The number of hydrogen-bond donors (Lipinski definition) is 4. The van der Waals surface area contributed by atoms with Crippen LogP contribution in [0.5, 0.6) is 0 Å². The molecule has 0 aliphatic heterocycles. The molecule has 0 aromatic heterocycles. The van der Waals surface area contributed by atoms with E-state index in [0.29, 0.717) is 27.4 Å². The van der Waals surface area contributed by atoms with Crippen LogP contribution in [0, 0.1) is 0 Å². The van der Waals surface area contributed by atoms with Crippen LogP contribution in [0.3, 0.4) is 0 Å². The van der Waals surface area contributed by atoms with E-state index in [4.69, 9.17) is 51.1 Å². The van der Waals surface area contributed by atoms with Crippen LogP contribution in [-0.4, -0.2) is 28.3 Å². The van der Waals surface area contributed by atoms with Crippen LogP contribution < -0.4 is 16.4 Å². The van der Waals surface area contributed by atoms with Crippen molar-refractivity contribution < 1.29 is 9.90 Å². The van der Waals surface area contributed by atoms with E-state index in [1.54, 1.807) is 18.2 Å². The Morgan fingerprint density at radius 1 is 1.38 bits per heavy atom. The third-order valence-corrected chi connectivity index (χ3v) is 2.78. The zero-order valence-electron chi connectivity index (χ0n) is 12.0. The Bertz CT molecular complexity index is 480. The number of hydrogen-bond acceptors (Lipinski definition) is 3. The monoisotopic (exact) mass is 351 g/mol. The van der Waals surface area contributed by atoms with Gasteiger partial charge in [-0.2, -0.15) is 0 Å². The molecule has 0 aliphatic rings. The van der Waals surface area contributed by atoms with Crippen LogP contribution in [0.2, 0.25) is 10.0 Å². The lowest BCUT2D eigenvalue weighted by Gasteiger charge is -2.21. The summed E-state index contributed by atoms with van der Waals surface area (Å²) in [4.78, 5) is 9.00. The summed E-state index contributed by atoms with van der Waals surface area (Å²) < 4.78 is 0. The second-order valence-corrected chi connectivity index (χ2v) is 6.13. The van der Waals surface area contributed by atoms with Crippen molar-refractivity contribution in [2.45, 2.75) is 26.3 Å². The Balaban J connectivity index is 0.000000885. The third kappa shape index (κ3) is 10.3. The minimum Gasteiger partial charge on any atom is -0.481 e. The first-order valence-electron chi connectivity index (χ1n) is 6.00. The van der Waals surface area contributed by atoms with Gasteiger partial charge in [-0.3, -0.25) is 4.79 Å². The average molecular weight is 352 g/mol. The SMILES string of the molecule is CC(=O)O.CC(C)(N)CNC(=S)Nc1c(Cl)cccc1Cl. The highest BCUT2D eigenvalue weighted by atomic mass is 35.5. The number of carboxylic acids is 1. The summed E-state index contributed by atoms with van der Waals surface area (Å²) >= 11 is 17.1. The summed E-state index contributed by atoms with van der Waals surface area (Å²) in [6, 6.07) is 5.26. The minimum absolute atomic E-state index is 0.337. The van der Waals surface area contributed by atoms with Crippen molar-refractivity contribution in [3.05, 3.63) is 28.2 Å². The number of nitrogens with one attached hydrogen (secondary N) is 2. The van der Waals surface area contributed by atoms with Gasteiger partial charge in [0.05, 0.1) is 15.7 Å². The second-order valence-electron chi connectivity index (χ2n) is 4.91. The van der Waals surface area contributed by atoms with Gasteiger partial charge in [-0.15, -0.1) is 0 Å². The fraction of sp³-hybridized carbons (Fsp3) is 0.385. The first-order chi connectivity index (χ1) is 9.53. The summed E-state index contributed by atoms with van der Waals surface area (Å²) in [5, 5.41) is 14.9. The molecule has 5 N–H and O–H groups in total. The normalized spacial score (nSPS) is 10.2. The Morgan fingerprint density at radius 3 is 2.19 bits per heavy atom. The highest BCUT2D eigenvalue weighted by molar-refractivity contribution is 7.80. The molecule has 0 unspecified atom stereocenters. The maximum absolute atomic E-state index is 9.00. The van der Waals surface area contributed by atoms with Crippen molar-refractivity contribution >= 4 is 52.2 Å². The minimum atomic E-state index is -0.833. The molecule has 21 heavy (non-hydrogen) atoms. The molecule has 1 aromatic carbocycles. The van der Waals surface area contributed by atoms with E-state index in [2.05, 4.69) is 10.6 Å². The average Bonchev–Trinajstić information content (AvgIpc) is 2.30. The van der Waals surface area contributed by atoms with E-state index in [0.717, 1.165) is 6.92 Å². The quantitative estimate of drug-likeness (QED) is 0.626. The number of thiocarbonyl (C=S) groups is 1. The lowest BCUT2D eigenvalue weighted by molar-refractivity contribution is -0.134. The zero-order chi connectivity index (χ0) is 16.6. The molecule has 118 valence electrons. The van der Waals surface area contributed by atoms with Gasteiger partial charge in [0, 0.05) is 19.0 Å². The molecule has 0 fully saturated rings. The molecule has 1 aromatic rings. The predicted molar refractivity (Wildman–Crippen MR) is 92.3 cm³/mol. The number of benzene rings is 1. The van der Waals surface area contributed by atoms with E-state index in [1.165, 1.54) is 0 Å². The van der Waals surface area contributed by atoms with Gasteiger partial charge in [0.2, 0.25) is 0 Å². The van der Waals surface area contributed by atoms with E-state index >= 15 is 0 Å². The Morgan fingerprint density at radius 2 is 1.81 bits per heavy atom. The maximum Gasteiger partial charge on any atom is 0.300 e. The van der Waals surface area contributed by atoms with Gasteiger partial charge in [0.15, 0.2) is 5.11 Å². The number of carboxylic acid groups (broad SMARTS) is 1. The van der Waals surface area contributed by atoms with E-state index < -0.39 is 5.97 Å². The number of anilines is 1. The van der Waals surface area contributed by atoms with E-state index in [1.807, 2.05) is 13.8 Å². The molecule has 8 heteroatoms. The van der Waals surface area contributed by atoms with Crippen molar-refractivity contribution in [3.63, 3.8) is 0 Å². The Hall–Kier alpha value is -1.08. The second kappa shape index (κ2) is 9.04. The highest BCUT2D eigenvalue weighted by Crippen LogP contribution is 2.29. The van der Waals surface area contributed by atoms with Gasteiger partial charge < -0.3 is 21.5 Å². The number of para-hydroxylation sites is 1. The molecule has 0 amide bonds. The molecule has 0 radical (unpaired) electrons. The van der Waals surface area contributed by atoms with Crippen LogP contribution in [-0.2, 0) is 4.79 Å². The number of halogens is 2. The first-order valence-corrected chi connectivity index (χ1v) is 7.16. The maximum atomic E-state index is 9.00. The molecular weight excluding hydrogens is 333 g/mol. The molecule has 5 nitrogen and oxygen atoms in total. The lowest BCUT2D eigenvalue weighted by atomic mass is 10.1. The molecule has 0 aliphatic carbocycles. The van der Waals surface area contributed by atoms with Crippen molar-refractivity contribution in [2.24, 2.45) is 5.73 Å². The summed E-state index contributed by atoms with van der Waals surface area (Å²) in [7, 11) is 0. The lowest BCUT2D eigenvalue weighted by Crippen LogP contribution is -2.46. The topological polar surface area (TPSA) is 87.4 Å². The number of rotatable bonds is 3. The summed E-state index contributed by atoms with van der Waals surface area (Å²) in [6.07, 6.45) is 0. The van der Waals surface area contributed by atoms with Crippen LogP contribution in [0.1, 0.15) is 20.8 Å². The van der Waals surface area contributed by atoms with Crippen LogP contribution in [0.4, 0.5) is 5.69 Å². The molecule has 0 atom stereocenters. The smallest absolute Gasteiger partial charge is 0.300 e. The molecular formula is C13H19Cl2N3O2S. The number of aliphatic carboxylic acids is 1. The standard InChI is InChI=1S/C11H15Cl2N3S.C2H4O2/c1-11(2,14)6-15-10(17)16-9-7(12)4-3-5-8(9)13;1-2(3)4/h3-5H,6,14H2,1-2H3,(H2,15,16,17);1H3,(H,3,4). The van der Waals surface area contributed by atoms with Crippen molar-refractivity contribution in [3.8, 4) is 0 Å². The largest absolute Gasteiger partial charge is 0.481 e. The van der Waals surface area contributed by atoms with Crippen LogP contribution >= 0.6 is 35.4 Å². The molecule has 0 saturated carbocycles. The van der Waals surface area contributed by atoms with Gasteiger partial charge in [0.25, 0.3) is 5.97 Å². The predicted octanol–water partition coefficient (Wildman–Crippen LogP) is 3.11. The first kappa shape index (κ1) is 19.9. The van der Waals surface area contributed by atoms with Gasteiger partial charge in [-0.1, -0.05) is 29.3 Å². The molecule has 0 bridgehead atoms. The molecule has 1 rings (SSSR count). The van der Waals surface area contributed by atoms with Crippen molar-refractivity contribution in [2.75, 3.05) is 11.9 Å². The van der Waals surface area contributed by atoms with Crippen LogP contribution in [0.15, 0.2) is 18.2 Å². The molecule has 0 saturated heterocycles. The summed E-state index contributed by atoms with van der Waals surface area (Å²) in [5.41, 5.74) is 6.10. The van der Waals surface area contributed by atoms with Gasteiger partial charge in [-0.05, 0) is 38.2 Å². The van der Waals surface area contributed by atoms with Gasteiger partial charge in [-0.25, -0.2) is 0 Å². The van der Waals surface area contributed by atoms with E-state index in [9.17, 15) is 0 Å². The number of nitrogens with two attached hydrogens (primary N) is 1.